The van der Waals surface area contributed by atoms with Crippen LogP contribution in [0.25, 0.3) is 11.0 Å². The van der Waals surface area contributed by atoms with E-state index >= 15 is 0 Å². The van der Waals surface area contributed by atoms with E-state index in [1.54, 1.807) is 4.90 Å². The molecule has 0 aliphatic carbocycles. The van der Waals surface area contributed by atoms with E-state index in [-0.39, 0.29) is 17.6 Å². The Hall–Kier alpha value is -1.93. The zero-order valence-electron chi connectivity index (χ0n) is 12.7. The number of primary sulfonamides is 1. The Morgan fingerprint density at radius 2 is 2.17 bits per heavy atom. The van der Waals surface area contributed by atoms with Crippen molar-refractivity contribution in [3.8, 4) is 0 Å². The van der Waals surface area contributed by atoms with E-state index in [0.29, 0.717) is 32.4 Å². The predicted molar refractivity (Wildman–Crippen MR) is 87.1 cm³/mol. The summed E-state index contributed by atoms with van der Waals surface area (Å²) in [6.07, 6.45) is 1.60. The number of para-hydroxylation sites is 2. The molecule has 1 unspecified atom stereocenters. The van der Waals surface area contributed by atoms with Crippen LogP contribution in [-0.4, -0.2) is 48.0 Å². The van der Waals surface area contributed by atoms with Gasteiger partial charge in [-0.05, 0) is 24.5 Å². The normalized spacial score (nSPS) is 18.7. The van der Waals surface area contributed by atoms with Crippen LogP contribution < -0.4 is 5.14 Å². The minimum atomic E-state index is -3.48. The average molecular weight is 336 g/mol. The second-order valence-corrected chi connectivity index (χ2v) is 7.68. The summed E-state index contributed by atoms with van der Waals surface area (Å²) in [4.78, 5) is 21.6. The molecule has 0 spiro atoms. The lowest BCUT2D eigenvalue weighted by molar-refractivity contribution is -0.130. The highest BCUT2D eigenvalue weighted by Gasteiger charge is 2.28. The molecular weight excluding hydrogens is 316 g/mol. The minimum Gasteiger partial charge on any atom is -0.342 e. The van der Waals surface area contributed by atoms with E-state index < -0.39 is 10.0 Å². The van der Waals surface area contributed by atoms with Crippen molar-refractivity contribution >= 4 is 27.0 Å². The van der Waals surface area contributed by atoms with E-state index in [4.69, 9.17) is 5.14 Å². The van der Waals surface area contributed by atoms with Gasteiger partial charge in [-0.15, -0.1) is 0 Å². The van der Waals surface area contributed by atoms with E-state index in [9.17, 15) is 13.2 Å². The van der Waals surface area contributed by atoms with Gasteiger partial charge >= 0.3 is 0 Å². The predicted octanol–water partition coefficient (Wildman–Crippen LogP) is 0.633. The summed E-state index contributed by atoms with van der Waals surface area (Å²) in [5, 5.41) is 5.06. The number of rotatable bonds is 5. The van der Waals surface area contributed by atoms with Gasteiger partial charge in [-0.25, -0.2) is 18.5 Å². The topological polar surface area (TPSA) is 109 Å². The van der Waals surface area contributed by atoms with Crippen molar-refractivity contribution in [1.82, 2.24) is 14.9 Å². The number of aromatic nitrogens is 2. The Labute approximate surface area is 134 Å². The van der Waals surface area contributed by atoms with E-state index in [1.807, 2.05) is 24.3 Å². The van der Waals surface area contributed by atoms with Crippen molar-refractivity contribution in [1.29, 1.82) is 0 Å². The van der Waals surface area contributed by atoms with Crippen LogP contribution in [0, 0.1) is 5.92 Å². The molecule has 8 heteroatoms. The quantitative estimate of drug-likeness (QED) is 0.834. The van der Waals surface area contributed by atoms with Crippen LogP contribution in [-0.2, 0) is 21.2 Å². The number of aryl methyl sites for hydroxylation is 1. The molecule has 1 amide bonds. The molecule has 124 valence electrons. The molecule has 3 N–H and O–H groups in total. The van der Waals surface area contributed by atoms with Crippen molar-refractivity contribution in [3.63, 3.8) is 0 Å². The summed E-state index contributed by atoms with van der Waals surface area (Å²) in [6, 6.07) is 7.74. The maximum Gasteiger partial charge on any atom is 0.223 e. The first-order valence-electron chi connectivity index (χ1n) is 7.62. The van der Waals surface area contributed by atoms with Gasteiger partial charge in [0, 0.05) is 25.9 Å². The Morgan fingerprint density at radius 3 is 2.91 bits per heavy atom. The third-order valence-corrected chi connectivity index (χ3v) is 5.06. The number of H-pyrrole nitrogens is 1. The second kappa shape index (κ2) is 6.29. The molecule has 1 saturated heterocycles. The standard InChI is InChI=1S/C15H20N4O3S/c16-23(21,22)10-11-7-8-19(9-11)15(20)6-5-14-17-12-3-1-2-4-13(12)18-14/h1-4,11H,5-10H2,(H,17,18)(H2,16,21,22). The smallest absolute Gasteiger partial charge is 0.223 e. The van der Waals surface area contributed by atoms with Crippen LogP contribution in [0.3, 0.4) is 0 Å². The molecule has 1 fully saturated rings. The Morgan fingerprint density at radius 1 is 1.39 bits per heavy atom. The van der Waals surface area contributed by atoms with Gasteiger partial charge in [-0.1, -0.05) is 12.1 Å². The SMILES string of the molecule is NS(=O)(=O)CC1CCN(C(=O)CCc2nc3ccccc3[nH]2)C1. The monoisotopic (exact) mass is 336 g/mol. The van der Waals surface area contributed by atoms with E-state index in [0.717, 1.165) is 16.9 Å². The number of nitrogens with one attached hydrogen (secondary N) is 1. The summed E-state index contributed by atoms with van der Waals surface area (Å²) in [6.45, 7) is 1.06. The summed E-state index contributed by atoms with van der Waals surface area (Å²) in [5.74, 6) is 0.711. The number of likely N-dealkylation sites (tertiary alicyclic amines) is 1. The fourth-order valence-corrected chi connectivity index (χ4v) is 3.96. The maximum atomic E-state index is 12.2. The molecule has 1 aromatic carbocycles. The number of aromatic amines is 1. The van der Waals surface area contributed by atoms with Crippen molar-refractivity contribution in [2.24, 2.45) is 11.1 Å². The lowest BCUT2D eigenvalue weighted by Gasteiger charge is -2.16. The fraction of sp³-hybridized carbons (Fsp3) is 0.467. The summed E-state index contributed by atoms with van der Waals surface area (Å²) in [7, 11) is -3.48. The summed E-state index contributed by atoms with van der Waals surface area (Å²) in [5.41, 5.74) is 1.86. The van der Waals surface area contributed by atoms with Crippen molar-refractivity contribution in [2.45, 2.75) is 19.3 Å². The molecule has 3 rings (SSSR count). The zero-order chi connectivity index (χ0) is 16.4. The highest BCUT2D eigenvalue weighted by Crippen LogP contribution is 2.19. The lowest BCUT2D eigenvalue weighted by atomic mass is 10.2. The second-order valence-electron chi connectivity index (χ2n) is 6.02. The molecule has 1 aliphatic rings. The van der Waals surface area contributed by atoms with Gasteiger partial charge in [-0.3, -0.25) is 4.79 Å². The number of fused-ring (bicyclic) bond motifs is 1. The molecule has 2 heterocycles. The molecule has 7 nitrogen and oxygen atoms in total. The highest BCUT2D eigenvalue weighted by atomic mass is 32.2. The van der Waals surface area contributed by atoms with Crippen LogP contribution in [0.5, 0.6) is 0 Å². The molecule has 1 atom stereocenters. The van der Waals surface area contributed by atoms with E-state index in [2.05, 4.69) is 9.97 Å². The molecule has 1 aliphatic heterocycles. The number of amides is 1. The molecule has 0 saturated carbocycles. The van der Waals surface area contributed by atoms with Crippen molar-refractivity contribution in [3.05, 3.63) is 30.1 Å². The number of carbonyl (C=O) groups excluding carboxylic acids is 1. The molecule has 1 aromatic heterocycles. The Kier molecular flexibility index (Phi) is 4.36. The van der Waals surface area contributed by atoms with Gasteiger partial charge in [-0.2, -0.15) is 0 Å². The zero-order valence-corrected chi connectivity index (χ0v) is 13.6. The molecule has 0 bridgehead atoms. The van der Waals surface area contributed by atoms with Crippen molar-refractivity contribution in [2.75, 3.05) is 18.8 Å². The van der Waals surface area contributed by atoms with Crippen LogP contribution in [0.4, 0.5) is 0 Å². The average Bonchev–Trinajstić information content (AvgIpc) is 3.09. The number of carbonyl (C=O) groups is 1. The third kappa shape index (κ3) is 4.08. The van der Waals surface area contributed by atoms with Gasteiger partial charge in [0.05, 0.1) is 16.8 Å². The van der Waals surface area contributed by atoms with Gasteiger partial charge in [0.1, 0.15) is 5.82 Å². The first-order valence-corrected chi connectivity index (χ1v) is 9.34. The fourth-order valence-electron chi connectivity index (χ4n) is 3.03. The highest BCUT2D eigenvalue weighted by molar-refractivity contribution is 7.89. The van der Waals surface area contributed by atoms with Gasteiger partial charge in [0.15, 0.2) is 0 Å². The maximum absolute atomic E-state index is 12.2. The number of benzene rings is 1. The van der Waals surface area contributed by atoms with E-state index in [1.165, 1.54) is 0 Å². The number of imidazole rings is 1. The molecular formula is C15H20N4O3S. The third-order valence-electron chi connectivity index (χ3n) is 4.12. The summed E-state index contributed by atoms with van der Waals surface area (Å²) >= 11 is 0. The van der Waals surface area contributed by atoms with Crippen LogP contribution in [0.1, 0.15) is 18.7 Å². The molecule has 23 heavy (non-hydrogen) atoms. The van der Waals surface area contributed by atoms with Gasteiger partial charge < -0.3 is 9.88 Å². The van der Waals surface area contributed by atoms with Crippen LogP contribution >= 0.6 is 0 Å². The minimum absolute atomic E-state index is 0.0300. The first kappa shape index (κ1) is 15.9. The number of nitrogens with two attached hydrogens (primary N) is 1. The first-order chi connectivity index (χ1) is 10.9. The lowest BCUT2D eigenvalue weighted by Crippen LogP contribution is -2.31. The summed E-state index contributed by atoms with van der Waals surface area (Å²) < 4.78 is 22.2. The number of nitrogens with zero attached hydrogens (tertiary/aromatic N) is 2. The van der Waals surface area contributed by atoms with Crippen LogP contribution in [0.2, 0.25) is 0 Å². The number of sulfonamides is 1. The molecule has 2 aromatic rings. The van der Waals surface area contributed by atoms with Crippen LogP contribution in [0.15, 0.2) is 24.3 Å². The largest absolute Gasteiger partial charge is 0.342 e. The number of hydrogen-bond donors (Lipinski definition) is 2. The van der Waals surface area contributed by atoms with Gasteiger partial charge in [0.2, 0.25) is 15.9 Å². The Balaban J connectivity index is 1.53. The van der Waals surface area contributed by atoms with Crippen molar-refractivity contribution < 1.29 is 13.2 Å². The molecule has 0 radical (unpaired) electrons. The Bertz CT molecular complexity index is 782. The van der Waals surface area contributed by atoms with Gasteiger partial charge in [0.25, 0.3) is 0 Å². The number of hydrogen-bond acceptors (Lipinski definition) is 4.